The van der Waals surface area contributed by atoms with E-state index >= 15 is 0 Å². The third kappa shape index (κ3) is 4.17. The minimum absolute atomic E-state index is 0.148. The lowest BCUT2D eigenvalue weighted by atomic mass is 9.86. The first kappa shape index (κ1) is 17.4. The van der Waals surface area contributed by atoms with Crippen LogP contribution in [0.4, 0.5) is 10.5 Å². The average molecular weight is 344 g/mol. The van der Waals surface area contributed by atoms with Crippen molar-refractivity contribution >= 4 is 11.7 Å². The number of aliphatic hydroxyl groups excluding tert-OH is 1. The van der Waals surface area contributed by atoms with Gasteiger partial charge in [0.1, 0.15) is 0 Å². The monoisotopic (exact) mass is 344 g/mol. The average Bonchev–Trinajstić information content (AvgIpc) is 3.13. The third-order valence-electron chi connectivity index (χ3n) is 4.81. The maximum atomic E-state index is 12.5. The first-order valence-corrected chi connectivity index (χ1v) is 8.62. The predicted octanol–water partition coefficient (Wildman–Crippen LogP) is 3.06. The Bertz CT molecular complexity index is 717. The largest absolute Gasteiger partial charge is 0.423 e. The number of nitrogens with one attached hydrogen (secondary N) is 1. The zero-order valence-corrected chi connectivity index (χ0v) is 14.6. The summed E-state index contributed by atoms with van der Waals surface area (Å²) in [7, 11) is 1.76. The second-order valence-electron chi connectivity index (χ2n) is 6.70. The van der Waals surface area contributed by atoms with Crippen molar-refractivity contribution in [2.24, 2.45) is 5.92 Å². The van der Waals surface area contributed by atoms with E-state index in [1.807, 2.05) is 25.1 Å². The first-order chi connectivity index (χ1) is 12.0. The molecule has 25 heavy (non-hydrogen) atoms. The zero-order chi connectivity index (χ0) is 17.8. The second-order valence-corrected chi connectivity index (χ2v) is 6.70. The summed E-state index contributed by atoms with van der Waals surface area (Å²) in [6.45, 7) is 2.48. The highest BCUT2D eigenvalue weighted by Gasteiger charge is 2.25. The SMILES string of the molecule is Cc1ccc(-c2nnco2)cc1NC(=O)N(C)CC1CCCCC1O. The van der Waals surface area contributed by atoms with Crippen LogP contribution in [-0.2, 0) is 0 Å². The van der Waals surface area contributed by atoms with Crippen molar-refractivity contribution in [3.8, 4) is 11.5 Å². The van der Waals surface area contributed by atoms with E-state index in [1.165, 1.54) is 6.39 Å². The smallest absolute Gasteiger partial charge is 0.321 e. The molecular formula is C18H24N4O3. The number of rotatable bonds is 4. The van der Waals surface area contributed by atoms with Gasteiger partial charge in [-0.25, -0.2) is 4.79 Å². The Kier molecular flexibility index (Phi) is 5.33. The molecule has 0 aliphatic heterocycles. The van der Waals surface area contributed by atoms with E-state index in [0.717, 1.165) is 36.8 Å². The number of aliphatic hydroxyl groups is 1. The molecule has 1 saturated carbocycles. The molecule has 1 aromatic heterocycles. The highest BCUT2D eigenvalue weighted by Crippen LogP contribution is 2.26. The minimum Gasteiger partial charge on any atom is -0.423 e. The summed E-state index contributed by atoms with van der Waals surface area (Å²) >= 11 is 0. The quantitative estimate of drug-likeness (QED) is 0.889. The highest BCUT2D eigenvalue weighted by atomic mass is 16.4. The van der Waals surface area contributed by atoms with E-state index in [4.69, 9.17) is 4.42 Å². The molecule has 1 fully saturated rings. The van der Waals surface area contributed by atoms with Crippen molar-refractivity contribution < 1.29 is 14.3 Å². The molecule has 2 atom stereocenters. The molecule has 0 radical (unpaired) electrons. The van der Waals surface area contributed by atoms with Crippen LogP contribution in [0.2, 0.25) is 0 Å². The van der Waals surface area contributed by atoms with Crippen LogP contribution < -0.4 is 5.32 Å². The molecule has 2 N–H and O–H groups in total. The van der Waals surface area contributed by atoms with Gasteiger partial charge >= 0.3 is 6.03 Å². The molecule has 1 heterocycles. The van der Waals surface area contributed by atoms with E-state index in [-0.39, 0.29) is 18.1 Å². The van der Waals surface area contributed by atoms with Gasteiger partial charge in [-0.05, 0) is 37.5 Å². The van der Waals surface area contributed by atoms with E-state index in [2.05, 4.69) is 15.5 Å². The van der Waals surface area contributed by atoms with Gasteiger partial charge in [0.15, 0.2) is 0 Å². The van der Waals surface area contributed by atoms with E-state index in [0.29, 0.717) is 18.1 Å². The lowest BCUT2D eigenvalue weighted by Gasteiger charge is -2.31. The van der Waals surface area contributed by atoms with Gasteiger partial charge in [-0.15, -0.1) is 10.2 Å². The number of nitrogens with zero attached hydrogens (tertiary/aromatic N) is 3. The minimum atomic E-state index is -0.313. The molecule has 1 aromatic carbocycles. The van der Waals surface area contributed by atoms with Gasteiger partial charge < -0.3 is 19.7 Å². The van der Waals surface area contributed by atoms with Crippen molar-refractivity contribution in [1.29, 1.82) is 0 Å². The molecule has 1 aliphatic carbocycles. The van der Waals surface area contributed by atoms with Crippen molar-refractivity contribution in [2.45, 2.75) is 38.7 Å². The number of amides is 2. The summed E-state index contributed by atoms with van der Waals surface area (Å²) in [5, 5.41) is 20.6. The van der Waals surface area contributed by atoms with E-state index in [1.54, 1.807) is 11.9 Å². The molecule has 2 unspecified atom stereocenters. The van der Waals surface area contributed by atoms with Crippen molar-refractivity contribution in [3.05, 3.63) is 30.2 Å². The lowest BCUT2D eigenvalue weighted by Crippen LogP contribution is -2.40. The molecule has 0 bridgehead atoms. The summed E-state index contributed by atoms with van der Waals surface area (Å²) in [5.41, 5.74) is 2.41. The summed E-state index contributed by atoms with van der Waals surface area (Å²) in [6, 6.07) is 5.41. The standard InChI is InChI=1S/C18H24N4O3/c1-12-7-8-13(17-21-19-11-25-17)9-15(12)20-18(24)22(2)10-14-5-3-4-6-16(14)23/h7-9,11,14,16,23H,3-6,10H2,1-2H3,(H,20,24). The van der Waals surface area contributed by atoms with Crippen LogP contribution in [0.15, 0.2) is 29.0 Å². The van der Waals surface area contributed by atoms with E-state index in [9.17, 15) is 9.90 Å². The Morgan fingerprint density at radius 2 is 2.20 bits per heavy atom. The third-order valence-corrected chi connectivity index (χ3v) is 4.81. The summed E-state index contributed by atoms with van der Waals surface area (Å²) in [6.07, 6.45) is 4.93. The first-order valence-electron chi connectivity index (χ1n) is 8.62. The summed E-state index contributed by atoms with van der Waals surface area (Å²) in [4.78, 5) is 14.2. The fraction of sp³-hybridized carbons (Fsp3) is 0.500. The Morgan fingerprint density at radius 1 is 1.40 bits per heavy atom. The molecule has 0 spiro atoms. The lowest BCUT2D eigenvalue weighted by molar-refractivity contribution is 0.0575. The van der Waals surface area contributed by atoms with Crippen LogP contribution in [0.1, 0.15) is 31.2 Å². The Morgan fingerprint density at radius 3 is 2.92 bits per heavy atom. The number of aryl methyl sites for hydroxylation is 1. The van der Waals surface area contributed by atoms with Crippen molar-refractivity contribution in [2.75, 3.05) is 18.9 Å². The van der Waals surface area contributed by atoms with Gasteiger partial charge in [0.05, 0.1) is 6.10 Å². The number of anilines is 1. The number of aromatic nitrogens is 2. The van der Waals surface area contributed by atoms with Crippen LogP contribution >= 0.6 is 0 Å². The van der Waals surface area contributed by atoms with Gasteiger partial charge in [-0.3, -0.25) is 0 Å². The molecular weight excluding hydrogens is 320 g/mol. The highest BCUT2D eigenvalue weighted by molar-refractivity contribution is 5.90. The number of benzene rings is 1. The fourth-order valence-electron chi connectivity index (χ4n) is 3.23. The van der Waals surface area contributed by atoms with Crippen LogP contribution in [-0.4, -0.2) is 45.9 Å². The van der Waals surface area contributed by atoms with Gasteiger partial charge in [0.25, 0.3) is 0 Å². The number of hydrogen-bond acceptors (Lipinski definition) is 5. The molecule has 2 aromatic rings. The topological polar surface area (TPSA) is 91.5 Å². The Hall–Kier alpha value is -2.41. The summed E-state index contributed by atoms with van der Waals surface area (Å²) in [5.74, 6) is 0.560. The van der Waals surface area contributed by atoms with Crippen molar-refractivity contribution in [1.82, 2.24) is 15.1 Å². The fourth-order valence-corrected chi connectivity index (χ4v) is 3.23. The molecule has 7 nitrogen and oxygen atoms in total. The molecule has 134 valence electrons. The van der Waals surface area contributed by atoms with E-state index < -0.39 is 0 Å². The second kappa shape index (κ2) is 7.65. The summed E-state index contributed by atoms with van der Waals surface area (Å²) < 4.78 is 5.21. The maximum absolute atomic E-state index is 12.5. The zero-order valence-electron chi connectivity index (χ0n) is 14.6. The van der Waals surface area contributed by atoms with Crippen LogP contribution in [0.25, 0.3) is 11.5 Å². The van der Waals surface area contributed by atoms with Crippen LogP contribution in [0, 0.1) is 12.8 Å². The Balaban J connectivity index is 1.66. The predicted molar refractivity (Wildman–Crippen MR) is 94.1 cm³/mol. The van der Waals surface area contributed by atoms with Gasteiger partial charge in [-0.1, -0.05) is 18.9 Å². The molecule has 0 saturated heterocycles. The number of carbonyl (C=O) groups excluding carboxylic acids is 1. The van der Waals surface area contributed by atoms with Gasteiger partial charge in [0, 0.05) is 30.8 Å². The number of hydrogen-bond donors (Lipinski definition) is 2. The van der Waals surface area contributed by atoms with Crippen LogP contribution in [0.3, 0.4) is 0 Å². The molecule has 3 rings (SSSR count). The molecule has 2 amide bonds. The number of carbonyl (C=O) groups is 1. The van der Waals surface area contributed by atoms with Gasteiger partial charge in [-0.2, -0.15) is 0 Å². The normalized spacial score (nSPS) is 20.3. The number of urea groups is 1. The van der Waals surface area contributed by atoms with Crippen LogP contribution in [0.5, 0.6) is 0 Å². The molecule has 1 aliphatic rings. The Labute approximate surface area is 147 Å². The van der Waals surface area contributed by atoms with Crippen molar-refractivity contribution in [3.63, 3.8) is 0 Å². The van der Waals surface area contributed by atoms with Gasteiger partial charge in [0.2, 0.25) is 12.3 Å². The maximum Gasteiger partial charge on any atom is 0.321 e. The molecule has 7 heteroatoms.